The fourth-order valence-electron chi connectivity index (χ4n) is 0.961. The number of hydrogen-bond acceptors (Lipinski definition) is 1. The molecule has 1 unspecified atom stereocenters. The van der Waals surface area contributed by atoms with E-state index in [0.717, 1.165) is 15.7 Å². The van der Waals surface area contributed by atoms with Crippen LogP contribution in [0.4, 0.5) is 5.69 Å². The molecule has 76 valence electrons. The lowest BCUT2D eigenvalue weighted by Crippen LogP contribution is -2.20. The number of hydrogen-bond donors (Lipinski definition) is 1. The molecule has 1 aromatic rings. The van der Waals surface area contributed by atoms with Crippen molar-refractivity contribution in [1.82, 2.24) is 0 Å². The van der Waals surface area contributed by atoms with E-state index in [1.807, 2.05) is 25.1 Å². The summed E-state index contributed by atoms with van der Waals surface area (Å²) in [4.78, 5) is 11.3. The first kappa shape index (κ1) is 11.5. The molecular weight excluding hydrogens is 265 g/mol. The van der Waals surface area contributed by atoms with Crippen molar-refractivity contribution >= 4 is 39.1 Å². The lowest BCUT2D eigenvalue weighted by atomic mass is 10.2. The van der Waals surface area contributed by atoms with Crippen molar-refractivity contribution in [3.63, 3.8) is 0 Å². The summed E-state index contributed by atoms with van der Waals surface area (Å²) in [6.07, 6.45) is 0. The normalized spacial score (nSPS) is 12.3. The SMILES string of the molecule is Cc1ccc(Br)cc1NC(=O)C(C)Cl. The zero-order valence-electron chi connectivity index (χ0n) is 7.97. The van der Waals surface area contributed by atoms with Crippen LogP contribution in [-0.2, 0) is 4.79 Å². The number of rotatable bonds is 2. The van der Waals surface area contributed by atoms with E-state index in [9.17, 15) is 4.79 Å². The highest BCUT2D eigenvalue weighted by Crippen LogP contribution is 2.20. The highest BCUT2D eigenvalue weighted by Gasteiger charge is 2.10. The second-order valence-corrected chi connectivity index (χ2v) is 4.63. The van der Waals surface area contributed by atoms with Crippen molar-refractivity contribution in [2.75, 3.05) is 5.32 Å². The molecule has 0 saturated heterocycles. The Morgan fingerprint density at radius 2 is 2.21 bits per heavy atom. The van der Waals surface area contributed by atoms with Gasteiger partial charge < -0.3 is 5.32 Å². The second-order valence-electron chi connectivity index (χ2n) is 3.06. The Labute approximate surface area is 96.8 Å². The van der Waals surface area contributed by atoms with Gasteiger partial charge in [0.25, 0.3) is 0 Å². The van der Waals surface area contributed by atoms with E-state index < -0.39 is 5.38 Å². The van der Waals surface area contributed by atoms with Crippen LogP contribution in [0.5, 0.6) is 0 Å². The second kappa shape index (κ2) is 4.80. The molecule has 4 heteroatoms. The number of benzene rings is 1. The van der Waals surface area contributed by atoms with Crippen LogP contribution in [0.3, 0.4) is 0 Å². The third kappa shape index (κ3) is 3.00. The van der Waals surface area contributed by atoms with Crippen LogP contribution in [0.25, 0.3) is 0 Å². The highest BCUT2D eigenvalue weighted by molar-refractivity contribution is 9.10. The minimum Gasteiger partial charge on any atom is -0.325 e. The number of anilines is 1. The van der Waals surface area contributed by atoms with Crippen molar-refractivity contribution in [3.8, 4) is 0 Å². The Morgan fingerprint density at radius 3 is 2.79 bits per heavy atom. The van der Waals surface area contributed by atoms with Gasteiger partial charge in [-0.3, -0.25) is 4.79 Å². The van der Waals surface area contributed by atoms with Gasteiger partial charge in [-0.05, 0) is 31.5 Å². The van der Waals surface area contributed by atoms with Gasteiger partial charge in [0, 0.05) is 10.2 Å². The van der Waals surface area contributed by atoms with Crippen LogP contribution in [0, 0.1) is 6.92 Å². The lowest BCUT2D eigenvalue weighted by Gasteiger charge is -2.09. The van der Waals surface area contributed by atoms with Gasteiger partial charge in [-0.2, -0.15) is 0 Å². The summed E-state index contributed by atoms with van der Waals surface area (Å²) >= 11 is 8.99. The van der Waals surface area contributed by atoms with Gasteiger partial charge in [0.15, 0.2) is 0 Å². The first-order valence-electron chi connectivity index (χ1n) is 4.22. The van der Waals surface area contributed by atoms with E-state index in [0.29, 0.717) is 0 Å². The van der Waals surface area contributed by atoms with Crippen LogP contribution in [-0.4, -0.2) is 11.3 Å². The maximum absolute atomic E-state index is 11.3. The molecule has 0 aliphatic carbocycles. The molecule has 0 aromatic heterocycles. The van der Waals surface area contributed by atoms with E-state index in [-0.39, 0.29) is 5.91 Å². The number of nitrogens with one attached hydrogen (secondary N) is 1. The first-order chi connectivity index (χ1) is 6.50. The molecule has 0 saturated carbocycles. The van der Waals surface area contributed by atoms with Gasteiger partial charge in [-0.25, -0.2) is 0 Å². The maximum atomic E-state index is 11.3. The first-order valence-corrected chi connectivity index (χ1v) is 5.44. The number of carbonyl (C=O) groups excluding carboxylic acids is 1. The minimum absolute atomic E-state index is 0.187. The molecule has 14 heavy (non-hydrogen) atoms. The quantitative estimate of drug-likeness (QED) is 0.825. The summed E-state index contributed by atoms with van der Waals surface area (Å²) in [5.74, 6) is -0.187. The molecule has 0 radical (unpaired) electrons. The van der Waals surface area contributed by atoms with Crippen molar-refractivity contribution in [2.45, 2.75) is 19.2 Å². The molecule has 0 aliphatic rings. The molecule has 0 spiro atoms. The average molecular weight is 277 g/mol. The molecule has 2 nitrogen and oxygen atoms in total. The summed E-state index contributed by atoms with van der Waals surface area (Å²) in [6.45, 7) is 3.57. The summed E-state index contributed by atoms with van der Waals surface area (Å²) in [5.41, 5.74) is 1.80. The van der Waals surface area contributed by atoms with Gasteiger partial charge in [0.05, 0.1) is 0 Å². The molecular formula is C10H11BrClNO. The van der Waals surface area contributed by atoms with Crippen molar-refractivity contribution in [2.24, 2.45) is 0 Å². The van der Waals surface area contributed by atoms with Gasteiger partial charge in [-0.1, -0.05) is 22.0 Å². The van der Waals surface area contributed by atoms with E-state index in [2.05, 4.69) is 21.2 Å². The summed E-state index contributed by atoms with van der Waals surface area (Å²) in [7, 11) is 0. The molecule has 1 aromatic carbocycles. The zero-order chi connectivity index (χ0) is 10.7. The standard InChI is InChI=1S/C10H11BrClNO/c1-6-3-4-8(11)5-9(6)13-10(14)7(2)12/h3-5,7H,1-2H3,(H,13,14). The topological polar surface area (TPSA) is 29.1 Å². The third-order valence-corrected chi connectivity index (χ3v) is 2.51. The number of halogens is 2. The Kier molecular flexibility index (Phi) is 3.96. The van der Waals surface area contributed by atoms with Crippen molar-refractivity contribution in [1.29, 1.82) is 0 Å². The van der Waals surface area contributed by atoms with Crippen LogP contribution in [0.15, 0.2) is 22.7 Å². The number of carbonyl (C=O) groups is 1. The van der Waals surface area contributed by atoms with Crippen LogP contribution < -0.4 is 5.32 Å². The Balaban J connectivity index is 2.86. The largest absolute Gasteiger partial charge is 0.325 e. The smallest absolute Gasteiger partial charge is 0.242 e. The summed E-state index contributed by atoms with van der Waals surface area (Å²) in [5, 5.41) is 2.23. The fraction of sp³-hybridized carbons (Fsp3) is 0.300. The Morgan fingerprint density at radius 1 is 1.57 bits per heavy atom. The zero-order valence-corrected chi connectivity index (χ0v) is 10.3. The molecule has 0 bridgehead atoms. The molecule has 1 atom stereocenters. The van der Waals surface area contributed by atoms with E-state index in [1.165, 1.54) is 0 Å². The van der Waals surface area contributed by atoms with Gasteiger partial charge >= 0.3 is 0 Å². The van der Waals surface area contributed by atoms with Crippen molar-refractivity contribution < 1.29 is 4.79 Å². The fourth-order valence-corrected chi connectivity index (χ4v) is 1.38. The number of amides is 1. The molecule has 0 aliphatic heterocycles. The number of alkyl halides is 1. The average Bonchev–Trinajstić information content (AvgIpc) is 2.11. The van der Waals surface area contributed by atoms with Crippen molar-refractivity contribution in [3.05, 3.63) is 28.2 Å². The monoisotopic (exact) mass is 275 g/mol. The Bertz CT molecular complexity index is 352. The van der Waals surface area contributed by atoms with Gasteiger partial charge in [0.2, 0.25) is 5.91 Å². The molecule has 0 heterocycles. The third-order valence-electron chi connectivity index (χ3n) is 1.82. The van der Waals surface area contributed by atoms with Crippen LogP contribution in [0.2, 0.25) is 0 Å². The van der Waals surface area contributed by atoms with E-state index >= 15 is 0 Å². The summed E-state index contributed by atoms with van der Waals surface area (Å²) < 4.78 is 0.931. The summed E-state index contributed by atoms with van der Waals surface area (Å²) in [6, 6.07) is 5.71. The molecule has 1 amide bonds. The van der Waals surface area contributed by atoms with Crippen LogP contribution in [0.1, 0.15) is 12.5 Å². The predicted molar refractivity (Wildman–Crippen MR) is 62.8 cm³/mol. The van der Waals surface area contributed by atoms with Gasteiger partial charge in [0.1, 0.15) is 5.38 Å². The molecule has 0 fully saturated rings. The minimum atomic E-state index is -0.520. The maximum Gasteiger partial charge on any atom is 0.242 e. The number of aryl methyl sites for hydroxylation is 1. The van der Waals surface area contributed by atoms with E-state index in [4.69, 9.17) is 11.6 Å². The predicted octanol–water partition coefficient (Wildman–Crippen LogP) is 3.32. The lowest BCUT2D eigenvalue weighted by molar-refractivity contribution is -0.115. The highest BCUT2D eigenvalue weighted by atomic mass is 79.9. The molecule has 1 rings (SSSR count). The van der Waals surface area contributed by atoms with Crippen LogP contribution >= 0.6 is 27.5 Å². The van der Waals surface area contributed by atoms with E-state index in [1.54, 1.807) is 6.92 Å². The molecule has 1 N–H and O–H groups in total. The van der Waals surface area contributed by atoms with Gasteiger partial charge in [-0.15, -0.1) is 11.6 Å². The Hall–Kier alpha value is -0.540.